The molecule has 0 saturated heterocycles. The fraction of sp³-hybridized carbons (Fsp3) is 0.200. The molecule has 0 aliphatic heterocycles. The first kappa shape index (κ1) is 15.3. The third kappa shape index (κ3) is 3.95. The summed E-state index contributed by atoms with van der Waals surface area (Å²) in [7, 11) is 1.57. The zero-order valence-electron chi connectivity index (χ0n) is 11.7. The summed E-state index contributed by atoms with van der Waals surface area (Å²) in [4.78, 5) is 16.2. The number of amides is 1. The second kappa shape index (κ2) is 7.08. The highest BCUT2D eigenvalue weighted by molar-refractivity contribution is 9.10. The second-order valence-corrected chi connectivity index (χ2v) is 4.91. The highest BCUT2D eigenvalue weighted by atomic mass is 79.9. The van der Waals surface area contributed by atoms with Gasteiger partial charge >= 0.3 is 0 Å². The van der Waals surface area contributed by atoms with Gasteiger partial charge in [0, 0.05) is 11.8 Å². The molecule has 1 N–H and O–H groups in total. The molecule has 0 saturated carbocycles. The lowest BCUT2D eigenvalue weighted by molar-refractivity contribution is 0.102. The molecule has 0 bridgehead atoms. The van der Waals surface area contributed by atoms with E-state index in [1.54, 1.807) is 43.5 Å². The van der Waals surface area contributed by atoms with Crippen molar-refractivity contribution in [3.05, 3.63) is 46.7 Å². The summed E-state index contributed by atoms with van der Waals surface area (Å²) in [6, 6.07) is 10.4. The van der Waals surface area contributed by atoms with Crippen LogP contribution in [0.25, 0.3) is 0 Å². The molecule has 0 fully saturated rings. The first-order valence-corrected chi connectivity index (χ1v) is 7.18. The molecule has 1 amide bonds. The number of ether oxygens (including phenoxy) is 2. The summed E-state index contributed by atoms with van der Waals surface area (Å²) in [6.45, 7) is 2.40. The number of nitrogens with one attached hydrogen (secondary N) is 1. The Labute approximate surface area is 131 Å². The fourth-order valence-corrected chi connectivity index (χ4v) is 2.10. The lowest BCUT2D eigenvalue weighted by Crippen LogP contribution is -2.13. The Morgan fingerprint density at radius 2 is 2.10 bits per heavy atom. The molecular formula is C15H15BrN2O3. The average molecular weight is 351 g/mol. The minimum Gasteiger partial charge on any atom is -0.493 e. The fourth-order valence-electron chi connectivity index (χ4n) is 1.75. The Kier molecular flexibility index (Phi) is 5.16. The Balaban J connectivity index is 2.19. The maximum atomic E-state index is 12.1. The van der Waals surface area contributed by atoms with Crippen LogP contribution in [0.3, 0.4) is 0 Å². The normalized spacial score (nSPS) is 10.0. The van der Waals surface area contributed by atoms with Gasteiger partial charge in [-0.2, -0.15) is 0 Å². The van der Waals surface area contributed by atoms with Gasteiger partial charge in [0.25, 0.3) is 5.91 Å². The zero-order chi connectivity index (χ0) is 15.2. The third-order valence-electron chi connectivity index (χ3n) is 2.67. The highest BCUT2D eigenvalue weighted by Gasteiger charge is 2.10. The van der Waals surface area contributed by atoms with Crippen LogP contribution < -0.4 is 14.8 Å². The Morgan fingerprint density at radius 3 is 2.76 bits per heavy atom. The zero-order valence-corrected chi connectivity index (χ0v) is 13.3. The van der Waals surface area contributed by atoms with Gasteiger partial charge in [-0.15, -0.1) is 0 Å². The van der Waals surface area contributed by atoms with Crippen molar-refractivity contribution in [1.29, 1.82) is 0 Å². The van der Waals surface area contributed by atoms with Crippen molar-refractivity contribution in [1.82, 2.24) is 4.98 Å². The SMILES string of the molecule is CCOc1cc(NC(=O)c2cccc(Br)n2)ccc1OC. The summed E-state index contributed by atoms with van der Waals surface area (Å²) < 4.78 is 11.3. The van der Waals surface area contributed by atoms with Crippen molar-refractivity contribution in [2.75, 3.05) is 19.0 Å². The number of carbonyl (C=O) groups excluding carboxylic acids is 1. The van der Waals surface area contributed by atoms with E-state index in [1.165, 1.54) is 0 Å². The number of carbonyl (C=O) groups is 1. The van der Waals surface area contributed by atoms with Gasteiger partial charge in [-0.3, -0.25) is 4.79 Å². The van der Waals surface area contributed by atoms with Crippen LogP contribution in [0.1, 0.15) is 17.4 Å². The first-order valence-electron chi connectivity index (χ1n) is 6.38. The molecular weight excluding hydrogens is 336 g/mol. The van der Waals surface area contributed by atoms with E-state index in [0.29, 0.717) is 34.1 Å². The van der Waals surface area contributed by atoms with Crippen molar-refractivity contribution < 1.29 is 14.3 Å². The number of benzene rings is 1. The predicted molar refractivity (Wildman–Crippen MR) is 84.1 cm³/mol. The number of halogens is 1. The molecule has 0 aliphatic carbocycles. The standard InChI is InChI=1S/C15H15BrN2O3/c1-3-21-13-9-10(7-8-12(13)20-2)17-15(19)11-5-4-6-14(16)18-11/h4-9H,3H2,1-2H3,(H,17,19). The predicted octanol–water partition coefficient (Wildman–Crippen LogP) is 3.50. The minimum absolute atomic E-state index is 0.288. The Morgan fingerprint density at radius 1 is 1.29 bits per heavy atom. The molecule has 0 radical (unpaired) electrons. The number of hydrogen-bond donors (Lipinski definition) is 1. The molecule has 0 unspecified atom stereocenters. The van der Waals surface area contributed by atoms with E-state index in [-0.39, 0.29) is 5.91 Å². The Hall–Kier alpha value is -2.08. The number of hydrogen-bond acceptors (Lipinski definition) is 4. The van der Waals surface area contributed by atoms with E-state index in [1.807, 2.05) is 6.92 Å². The van der Waals surface area contributed by atoms with Gasteiger partial charge in [0.05, 0.1) is 13.7 Å². The maximum Gasteiger partial charge on any atom is 0.274 e. The van der Waals surface area contributed by atoms with Gasteiger partial charge in [0.2, 0.25) is 0 Å². The van der Waals surface area contributed by atoms with Gasteiger partial charge in [0.1, 0.15) is 10.3 Å². The van der Waals surface area contributed by atoms with Crippen molar-refractivity contribution in [2.45, 2.75) is 6.92 Å². The van der Waals surface area contributed by atoms with Gasteiger partial charge in [-0.05, 0) is 47.1 Å². The summed E-state index contributed by atoms with van der Waals surface area (Å²) in [5, 5.41) is 2.78. The quantitative estimate of drug-likeness (QED) is 0.838. The number of anilines is 1. The van der Waals surface area contributed by atoms with E-state index in [2.05, 4.69) is 26.2 Å². The molecule has 0 atom stereocenters. The van der Waals surface area contributed by atoms with Gasteiger partial charge in [-0.1, -0.05) is 6.07 Å². The second-order valence-electron chi connectivity index (χ2n) is 4.10. The molecule has 2 rings (SSSR count). The Bertz CT molecular complexity index is 647. The summed E-state index contributed by atoms with van der Waals surface area (Å²) >= 11 is 3.24. The van der Waals surface area contributed by atoms with Crippen molar-refractivity contribution >= 4 is 27.5 Å². The van der Waals surface area contributed by atoms with Gasteiger partial charge in [0.15, 0.2) is 11.5 Å². The molecule has 6 heteroatoms. The maximum absolute atomic E-state index is 12.1. The van der Waals surface area contributed by atoms with Gasteiger partial charge in [-0.25, -0.2) is 4.98 Å². The largest absolute Gasteiger partial charge is 0.493 e. The third-order valence-corrected chi connectivity index (χ3v) is 3.11. The lowest BCUT2D eigenvalue weighted by Gasteiger charge is -2.11. The molecule has 21 heavy (non-hydrogen) atoms. The lowest BCUT2D eigenvalue weighted by atomic mass is 10.2. The van der Waals surface area contributed by atoms with Crippen LogP contribution in [0.4, 0.5) is 5.69 Å². The topological polar surface area (TPSA) is 60.5 Å². The summed E-state index contributed by atoms with van der Waals surface area (Å²) in [5.41, 5.74) is 0.948. The molecule has 1 heterocycles. The van der Waals surface area contributed by atoms with E-state index < -0.39 is 0 Å². The van der Waals surface area contributed by atoms with Crippen LogP contribution in [0.2, 0.25) is 0 Å². The molecule has 1 aromatic carbocycles. The van der Waals surface area contributed by atoms with Crippen molar-refractivity contribution in [3.63, 3.8) is 0 Å². The van der Waals surface area contributed by atoms with E-state index in [9.17, 15) is 4.79 Å². The summed E-state index contributed by atoms with van der Waals surface area (Å²) in [5.74, 6) is 0.916. The first-order chi connectivity index (χ1) is 10.1. The molecule has 5 nitrogen and oxygen atoms in total. The number of methoxy groups -OCH3 is 1. The van der Waals surface area contributed by atoms with Crippen LogP contribution in [0, 0.1) is 0 Å². The number of nitrogens with zero attached hydrogens (tertiary/aromatic N) is 1. The number of aromatic nitrogens is 1. The van der Waals surface area contributed by atoms with Crippen LogP contribution in [0.5, 0.6) is 11.5 Å². The molecule has 110 valence electrons. The van der Waals surface area contributed by atoms with Crippen LogP contribution >= 0.6 is 15.9 Å². The smallest absolute Gasteiger partial charge is 0.274 e. The molecule has 1 aromatic heterocycles. The van der Waals surface area contributed by atoms with Crippen molar-refractivity contribution in [3.8, 4) is 11.5 Å². The summed E-state index contributed by atoms with van der Waals surface area (Å²) in [6.07, 6.45) is 0. The van der Waals surface area contributed by atoms with Gasteiger partial charge < -0.3 is 14.8 Å². The van der Waals surface area contributed by atoms with Crippen molar-refractivity contribution in [2.24, 2.45) is 0 Å². The van der Waals surface area contributed by atoms with Crippen LogP contribution in [-0.4, -0.2) is 24.6 Å². The average Bonchev–Trinajstić information content (AvgIpc) is 2.48. The van der Waals surface area contributed by atoms with E-state index in [0.717, 1.165) is 0 Å². The minimum atomic E-state index is -0.288. The number of rotatable bonds is 5. The molecule has 2 aromatic rings. The monoisotopic (exact) mass is 350 g/mol. The molecule has 0 aliphatic rings. The molecule has 0 spiro atoms. The highest BCUT2D eigenvalue weighted by Crippen LogP contribution is 2.30. The van der Waals surface area contributed by atoms with Crippen LogP contribution in [0.15, 0.2) is 41.0 Å². The van der Waals surface area contributed by atoms with Crippen LogP contribution in [-0.2, 0) is 0 Å². The van der Waals surface area contributed by atoms with E-state index >= 15 is 0 Å². The number of pyridine rings is 1. The van der Waals surface area contributed by atoms with E-state index in [4.69, 9.17) is 9.47 Å².